The van der Waals surface area contributed by atoms with Crippen LogP contribution in [0, 0.1) is 11.8 Å². The van der Waals surface area contributed by atoms with Gasteiger partial charge in [-0.05, 0) is 67.1 Å². The predicted octanol–water partition coefficient (Wildman–Crippen LogP) is 7.36. The minimum atomic E-state index is -3.68. The number of sulfonamides is 1. The van der Waals surface area contributed by atoms with Crippen molar-refractivity contribution in [3.05, 3.63) is 52.5 Å². The molecule has 0 bridgehead atoms. The van der Waals surface area contributed by atoms with Crippen LogP contribution >= 0.6 is 27.7 Å². The Morgan fingerprint density at radius 2 is 1.64 bits per heavy atom. The standard InChI is InChI=1S/C28H39BrN2O3S2/c1-4-5-6-7-8-9-16-30-28(32)26-18-25(36(33,34)31-19-21(2)17-22(3)20-31)14-15-27(26)35-24-12-10-23(29)11-13-24/h10-15,18,21-22H,4-9,16-17,19-20H2,1-3H3,(H,30,32)/t21-,22-/m0/s1. The number of hydrogen-bond donors (Lipinski definition) is 1. The molecule has 0 spiro atoms. The lowest BCUT2D eigenvalue weighted by molar-refractivity contribution is 0.0949. The molecular weight excluding hydrogens is 556 g/mol. The molecule has 1 heterocycles. The highest BCUT2D eigenvalue weighted by atomic mass is 79.9. The lowest BCUT2D eigenvalue weighted by Gasteiger charge is -2.34. The Labute approximate surface area is 230 Å². The van der Waals surface area contributed by atoms with E-state index in [4.69, 9.17) is 0 Å². The first-order valence-electron chi connectivity index (χ1n) is 13.1. The fourth-order valence-corrected chi connectivity index (χ4v) is 7.61. The third kappa shape index (κ3) is 8.33. The Kier molecular flexibility index (Phi) is 11.3. The third-order valence-corrected chi connectivity index (χ3v) is 9.97. The molecule has 5 nitrogen and oxygen atoms in total. The van der Waals surface area contributed by atoms with Crippen molar-refractivity contribution in [2.45, 2.75) is 80.4 Å². The van der Waals surface area contributed by atoms with Gasteiger partial charge in [0.25, 0.3) is 5.91 Å². The van der Waals surface area contributed by atoms with E-state index < -0.39 is 10.0 Å². The Morgan fingerprint density at radius 3 is 2.31 bits per heavy atom. The Bertz CT molecular complexity index is 1100. The van der Waals surface area contributed by atoms with E-state index in [1.807, 2.05) is 24.3 Å². The van der Waals surface area contributed by atoms with Crippen LogP contribution in [0.2, 0.25) is 0 Å². The summed E-state index contributed by atoms with van der Waals surface area (Å²) < 4.78 is 29.6. The van der Waals surface area contributed by atoms with E-state index in [-0.39, 0.29) is 10.8 Å². The molecular formula is C28H39BrN2O3S2. The van der Waals surface area contributed by atoms with Gasteiger partial charge in [-0.15, -0.1) is 0 Å². The minimum absolute atomic E-state index is 0.189. The molecule has 0 aromatic heterocycles. The van der Waals surface area contributed by atoms with Crippen LogP contribution in [0.1, 0.15) is 76.1 Å². The molecule has 3 rings (SSSR count). The predicted molar refractivity (Wildman–Crippen MR) is 152 cm³/mol. The molecule has 0 aliphatic carbocycles. The summed E-state index contributed by atoms with van der Waals surface area (Å²) in [5.74, 6) is 0.410. The largest absolute Gasteiger partial charge is 0.352 e. The van der Waals surface area contributed by atoms with Gasteiger partial charge in [0.2, 0.25) is 10.0 Å². The molecule has 1 fully saturated rings. The number of unbranched alkanes of at least 4 members (excludes halogenated alkanes) is 5. The highest BCUT2D eigenvalue weighted by molar-refractivity contribution is 9.10. The smallest absolute Gasteiger partial charge is 0.252 e. The summed E-state index contributed by atoms with van der Waals surface area (Å²) in [6, 6.07) is 12.9. The van der Waals surface area contributed by atoms with E-state index in [9.17, 15) is 13.2 Å². The summed E-state index contributed by atoms with van der Waals surface area (Å²) in [7, 11) is -3.68. The van der Waals surface area contributed by atoms with Crippen molar-refractivity contribution in [2.75, 3.05) is 19.6 Å². The zero-order chi connectivity index (χ0) is 26.1. The number of carbonyl (C=O) groups excluding carboxylic acids is 1. The maximum atomic E-state index is 13.5. The van der Waals surface area contributed by atoms with Gasteiger partial charge in [-0.1, -0.05) is 80.6 Å². The second kappa shape index (κ2) is 14.0. The molecule has 36 heavy (non-hydrogen) atoms. The molecule has 0 saturated carbocycles. The van der Waals surface area contributed by atoms with Crippen LogP contribution in [0.15, 0.2) is 61.6 Å². The van der Waals surface area contributed by atoms with Gasteiger partial charge in [0.05, 0.1) is 10.5 Å². The Morgan fingerprint density at radius 1 is 1.00 bits per heavy atom. The molecule has 1 aliphatic heterocycles. The number of piperidine rings is 1. The second-order valence-electron chi connectivity index (χ2n) is 10.0. The van der Waals surface area contributed by atoms with Gasteiger partial charge in [-0.3, -0.25) is 4.79 Å². The average molecular weight is 596 g/mol. The van der Waals surface area contributed by atoms with E-state index in [2.05, 4.69) is 42.0 Å². The number of carbonyl (C=O) groups is 1. The topological polar surface area (TPSA) is 66.5 Å². The molecule has 1 aliphatic rings. The van der Waals surface area contributed by atoms with Crippen LogP contribution in [0.3, 0.4) is 0 Å². The minimum Gasteiger partial charge on any atom is -0.352 e. The summed E-state index contributed by atoms with van der Waals surface area (Å²) in [6.45, 7) is 8.01. The van der Waals surface area contributed by atoms with E-state index in [1.54, 1.807) is 22.5 Å². The van der Waals surface area contributed by atoms with Gasteiger partial charge in [0.15, 0.2) is 0 Å². The molecule has 2 atom stereocenters. The summed E-state index contributed by atoms with van der Waals surface area (Å²) in [6.07, 6.45) is 7.90. The summed E-state index contributed by atoms with van der Waals surface area (Å²) in [4.78, 5) is 15.2. The SMILES string of the molecule is CCCCCCCCNC(=O)c1cc(S(=O)(=O)N2C[C@@H](C)C[C@H](C)C2)ccc1Sc1ccc(Br)cc1. The van der Waals surface area contributed by atoms with Gasteiger partial charge in [0, 0.05) is 33.9 Å². The molecule has 1 N–H and O–H groups in total. The molecule has 1 saturated heterocycles. The molecule has 198 valence electrons. The first kappa shape index (κ1) is 29.2. The van der Waals surface area contributed by atoms with E-state index in [1.165, 1.54) is 37.4 Å². The van der Waals surface area contributed by atoms with Crippen molar-refractivity contribution in [3.63, 3.8) is 0 Å². The second-order valence-corrected chi connectivity index (χ2v) is 14.0. The molecule has 1 amide bonds. The van der Waals surface area contributed by atoms with Crippen LogP contribution in [-0.2, 0) is 10.0 Å². The van der Waals surface area contributed by atoms with Crippen molar-refractivity contribution < 1.29 is 13.2 Å². The number of hydrogen-bond acceptors (Lipinski definition) is 4. The van der Waals surface area contributed by atoms with Crippen molar-refractivity contribution in [3.8, 4) is 0 Å². The van der Waals surface area contributed by atoms with E-state index >= 15 is 0 Å². The fraction of sp³-hybridized carbons (Fsp3) is 0.536. The maximum absolute atomic E-state index is 13.5. The van der Waals surface area contributed by atoms with Crippen molar-refractivity contribution in [1.82, 2.24) is 9.62 Å². The maximum Gasteiger partial charge on any atom is 0.252 e. The van der Waals surface area contributed by atoms with Crippen LogP contribution in [0.25, 0.3) is 0 Å². The summed E-state index contributed by atoms with van der Waals surface area (Å²) in [5, 5.41) is 3.03. The number of halogens is 1. The third-order valence-electron chi connectivity index (χ3n) is 6.53. The first-order valence-corrected chi connectivity index (χ1v) is 16.1. The van der Waals surface area contributed by atoms with Gasteiger partial charge in [0.1, 0.15) is 0 Å². The zero-order valence-electron chi connectivity index (χ0n) is 21.6. The number of nitrogens with zero attached hydrogens (tertiary/aromatic N) is 1. The lowest BCUT2D eigenvalue weighted by Crippen LogP contribution is -2.42. The van der Waals surface area contributed by atoms with Gasteiger partial charge in [-0.2, -0.15) is 4.31 Å². The van der Waals surface area contributed by atoms with Crippen LogP contribution in [-0.4, -0.2) is 38.3 Å². The summed E-state index contributed by atoms with van der Waals surface area (Å²) >= 11 is 4.93. The Balaban J connectivity index is 1.81. The number of benzene rings is 2. The number of amides is 1. The zero-order valence-corrected chi connectivity index (χ0v) is 24.9. The number of rotatable bonds is 12. The molecule has 0 unspecified atom stereocenters. The van der Waals surface area contributed by atoms with Crippen LogP contribution in [0.5, 0.6) is 0 Å². The first-order chi connectivity index (χ1) is 17.2. The van der Waals surface area contributed by atoms with Gasteiger partial charge < -0.3 is 5.32 Å². The quantitative estimate of drug-likeness (QED) is 0.261. The lowest BCUT2D eigenvalue weighted by atomic mass is 9.94. The Hall–Kier alpha value is -1.35. The van der Waals surface area contributed by atoms with Gasteiger partial charge in [-0.25, -0.2) is 8.42 Å². The molecule has 8 heteroatoms. The van der Waals surface area contributed by atoms with Crippen molar-refractivity contribution in [2.24, 2.45) is 11.8 Å². The molecule has 0 radical (unpaired) electrons. The van der Waals surface area contributed by atoms with Crippen LogP contribution < -0.4 is 5.32 Å². The van der Waals surface area contributed by atoms with Crippen molar-refractivity contribution in [1.29, 1.82) is 0 Å². The highest BCUT2D eigenvalue weighted by Crippen LogP contribution is 2.34. The monoisotopic (exact) mass is 594 g/mol. The van der Waals surface area contributed by atoms with E-state index in [0.29, 0.717) is 37.0 Å². The summed E-state index contributed by atoms with van der Waals surface area (Å²) in [5.41, 5.74) is 0.410. The van der Waals surface area contributed by atoms with Crippen LogP contribution in [0.4, 0.5) is 0 Å². The fourth-order valence-electron chi connectivity index (χ4n) is 4.72. The molecule has 2 aromatic rings. The molecule has 2 aromatic carbocycles. The number of nitrogens with one attached hydrogen (secondary N) is 1. The normalized spacial score (nSPS) is 18.8. The van der Waals surface area contributed by atoms with E-state index in [0.717, 1.165) is 33.5 Å². The van der Waals surface area contributed by atoms with Gasteiger partial charge >= 0.3 is 0 Å². The highest BCUT2D eigenvalue weighted by Gasteiger charge is 2.32. The average Bonchev–Trinajstić information content (AvgIpc) is 2.84. The van der Waals surface area contributed by atoms with Crippen molar-refractivity contribution >= 4 is 43.6 Å².